The lowest BCUT2D eigenvalue weighted by Crippen LogP contribution is -2.53. The summed E-state index contributed by atoms with van der Waals surface area (Å²) in [6.45, 7) is 2.41. The number of halogens is 1. The zero-order valence-electron chi connectivity index (χ0n) is 13.6. The van der Waals surface area contributed by atoms with Gasteiger partial charge < -0.3 is 10.2 Å². The smallest absolute Gasteiger partial charge is 0.246 e. The van der Waals surface area contributed by atoms with Crippen molar-refractivity contribution in [2.45, 2.75) is 11.3 Å². The molecule has 0 spiro atoms. The van der Waals surface area contributed by atoms with Crippen molar-refractivity contribution in [3.63, 3.8) is 0 Å². The highest BCUT2D eigenvalue weighted by Crippen LogP contribution is 2.20. The molecule has 0 amide bonds. The Hall–Kier alpha value is -0.900. The molecule has 1 heterocycles. The number of rotatable bonds is 6. The number of nitrogens with zero attached hydrogens (tertiary/aromatic N) is 2. The summed E-state index contributed by atoms with van der Waals surface area (Å²) in [5.41, 5.74) is 0. The van der Waals surface area contributed by atoms with E-state index in [0.29, 0.717) is 31.3 Å². The monoisotopic (exact) mass is 391 g/mol. The van der Waals surface area contributed by atoms with Crippen molar-refractivity contribution >= 4 is 39.1 Å². The number of thioether (sulfide) groups is 1. The minimum absolute atomic E-state index is 0.267. The van der Waals surface area contributed by atoms with E-state index in [1.807, 2.05) is 4.90 Å². The second-order valence-electron chi connectivity index (χ2n) is 5.40. The van der Waals surface area contributed by atoms with E-state index < -0.39 is 15.8 Å². The highest BCUT2D eigenvalue weighted by atomic mass is 32.2. The molecule has 1 aromatic rings. The Kier molecular flexibility index (Phi) is 7.27. The molecule has 1 N–H and O–H groups in total. The Labute approximate surface area is 152 Å². The number of sulfonamides is 1. The Morgan fingerprint density at radius 1 is 1.29 bits per heavy atom. The van der Waals surface area contributed by atoms with Crippen LogP contribution in [0.25, 0.3) is 0 Å². The van der Waals surface area contributed by atoms with Gasteiger partial charge >= 0.3 is 0 Å². The molecule has 0 aromatic heterocycles. The molecular formula is C15H22FN3O2S3. The SMILES string of the molecule is CSCCCNC(=S)N1CCN(S(=O)(=O)c2ccccc2F)CC1. The van der Waals surface area contributed by atoms with Crippen molar-refractivity contribution in [2.75, 3.05) is 44.7 Å². The summed E-state index contributed by atoms with van der Waals surface area (Å²) >= 11 is 7.14. The molecular weight excluding hydrogens is 369 g/mol. The number of thiocarbonyl (C=S) groups is 1. The van der Waals surface area contributed by atoms with Crippen LogP contribution in [-0.4, -0.2) is 67.5 Å². The molecule has 0 bridgehead atoms. The van der Waals surface area contributed by atoms with Crippen molar-refractivity contribution in [3.8, 4) is 0 Å². The van der Waals surface area contributed by atoms with Crippen molar-refractivity contribution in [1.29, 1.82) is 0 Å². The van der Waals surface area contributed by atoms with E-state index >= 15 is 0 Å². The van der Waals surface area contributed by atoms with Crippen LogP contribution in [0.2, 0.25) is 0 Å². The molecule has 24 heavy (non-hydrogen) atoms. The van der Waals surface area contributed by atoms with Crippen LogP contribution in [0, 0.1) is 5.82 Å². The lowest BCUT2D eigenvalue weighted by atomic mass is 10.3. The van der Waals surface area contributed by atoms with Gasteiger partial charge in [-0.2, -0.15) is 16.1 Å². The lowest BCUT2D eigenvalue weighted by Gasteiger charge is -2.35. The average molecular weight is 392 g/mol. The largest absolute Gasteiger partial charge is 0.363 e. The van der Waals surface area contributed by atoms with Crippen LogP contribution < -0.4 is 5.32 Å². The van der Waals surface area contributed by atoms with Gasteiger partial charge in [-0.25, -0.2) is 12.8 Å². The molecule has 134 valence electrons. The fraction of sp³-hybridized carbons (Fsp3) is 0.533. The van der Waals surface area contributed by atoms with Crippen LogP contribution in [-0.2, 0) is 10.0 Å². The van der Waals surface area contributed by atoms with Gasteiger partial charge in [0.1, 0.15) is 10.7 Å². The third kappa shape index (κ3) is 4.81. The maximum absolute atomic E-state index is 13.8. The van der Waals surface area contributed by atoms with E-state index in [2.05, 4.69) is 11.6 Å². The summed E-state index contributed by atoms with van der Waals surface area (Å²) in [7, 11) is -3.80. The molecule has 1 aliphatic rings. The van der Waals surface area contributed by atoms with Crippen LogP contribution in [0.5, 0.6) is 0 Å². The molecule has 5 nitrogen and oxygen atoms in total. The maximum Gasteiger partial charge on any atom is 0.246 e. The predicted octanol–water partition coefficient (Wildman–Crippen LogP) is 1.76. The molecule has 9 heteroatoms. The minimum atomic E-state index is -3.80. The molecule has 0 unspecified atom stereocenters. The summed E-state index contributed by atoms with van der Waals surface area (Å²) in [6, 6.07) is 5.47. The van der Waals surface area contributed by atoms with Crippen molar-refractivity contribution in [1.82, 2.24) is 14.5 Å². The summed E-state index contributed by atoms with van der Waals surface area (Å²) in [4.78, 5) is 1.69. The number of hydrogen-bond donors (Lipinski definition) is 1. The van der Waals surface area contributed by atoms with Gasteiger partial charge in [0.25, 0.3) is 0 Å². The third-order valence-corrected chi connectivity index (χ3v) is 6.81. The first-order chi connectivity index (χ1) is 11.5. The normalized spacial score (nSPS) is 16.2. The molecule has 0 saturated carbocycles. The first kappa shape index (κ1) is 19.4. The maximum atomic E-state index is 13.8. The van der Waals surface area contributed by atoms with E-state index in [-0.39, 0.29) is 4.90 Å². The van der Waals surface area contributed by atoms with Gasteiger partial charge in [-0.05, 0) is 42.8 Å². The molecule has 0 radical (unpaired) electrons. The summed E-state index contributed by atoms with van der Waals surface area (Å²) < 4.78 is 40.2. The highest BCUT2D eigenvalue weighted by molar-refractivity contribution is 7.98. The van der Waals surface area contributed by atoms with Gasteiger partial charge in [-0.3, -0.25) is 0 Å². The first-order valence-electron chi connectivity index (χ1n) is 7.73. The second-order valence-corrected chi connectivity index (χ2v) is 8.68. The third-order valence-electron chi connectivity index (χ3n) is 3.78. The van der Waals surface area contributed by atoms with Crippen LogP contribution in [0.1, 0.15) is 6.42 Å². The van der Waals surface area contributed by atoms with Crippen LogP contribution in [0.4, 0.5) is 4.39 Å². The number of piperazine rings is 1. The second kappa shape index (κ2) is 8.98. The van der Waals surface area contributed by atoms with Gasteiger partial charge in [0.2, 0.25) is 10.0 Å². The van der Waals surface area contributed by atoms with Gasteiger partial charge in [0, 0.05) is 32.7 Å². The Morgan fingerprint density at radius 3 is 2.58 bits per heavy atom. The van der Waals surface area contributed by atoms with Crippen LogP contribution in [0.3, 0.4) is 0 Å². The standard InChI is InChI=1S/C15H22FN3O2S3/c1-23-12-4-7-17-15(22)18-8-10-19(11-9-18)24(20,21)14-6-3-2-5-13(14)16/h2-3,5-6H,4,7-12H2,1H3,(H,17,22). The fourth-order valence-corrected chi connectivity index (χ4v) is 4.65. The predicted molar refractivity (Wildman–Crippen MR) is 100 cm³/mol. The topological polar surface area (TPSA) is 52.6 Å². The van der Waals surface area contributed by atoms with Crippen LogP contribution in [0.15, 0.2) is 29.2 Å². The minimum Gasteiger partial charge on any atom is -0.363 e. The Morgan fingerprint density at radius 2 is 1.96 bits per heavy atom. The molecule has 1 saturated heterocycles. The van der Waals surface area contributed by atoms with Gasteiger partial charge in [0.15, 0.2) is 5.11 Å². The van der Waals surface area contributed by atoms with Crippen molar-refractivity contribution in [2.24, 2.45) is 0 Å². The average Bonchev–Trinajstić information content (AvgIpc) is 2.59. The zero-order chi connectivity index (χ0) is 17.6. The van der Waals surface area contributed by atoms with Crippen LogP contribution >= 0.6 is 24.0 Å². The van der Waals surface area contributed by atoms with E-state index in [4.69, 9.17) is 12.2 Å². The van der Waals surface area contributed by atoms with E-state index in [9.17, 15) is 12.8 Å². The lowest BCUT2D eigenvalue weighted by molar-refractivity contribution is 0.263. The van der Waals surface area contributed by atoms with E-state index in [1.165, 1.54) is 22.5 Å². The number of nitrogens with one attached hydrogen (secondary N) is 1. The van der Waals surface area contributed by atoms with Gasteiger partial charge in [-0.15, -0.1) is 0 Å². The molecule has 1 aliphatic heterocycles. The molecule has 2 rings (SSSR count). The molecule has 1 fully saturated rings. The first-order valence-corrected chi connectivity index (χ1v) is 11.0. The number of hydrogen-bond acceptors (Lipinski definition) is 4. The highest BCUT2D eigenvalue weighted by Gasteiger charge is 2.30. The van der Waals surface area contributed by atoms with E-state index in [1.54, 1.807) is 11.8 Å². The zero-order valence-corrected chi connectivity index (χ0v) is 16.0. The van der Waals surface area contributed by atoms with Gasteiger partial charge in [0.05, 0.1) is 0 Å². The summed E-state index contributed by atoms with van der Waals surface area (Å²) in [5.74, 6) is 0.357. The van der Waals surface area contributed by atoms with Crippen molar-refractivity contribution < 1.29 is 12.8 Å². The molecule has 1 aromatic carbocycles. The van der Waals surface area contributed by atoms with Crippen molar-refractivity contribution in [3.05, 3.63) is 30.1 Å². The summed E-state index contributed by atoms with van der Waals surface area (Å²) in [6.07, 6.45) is 3.09. The quantitative estimate of drug-likeness (QED) is 0.589. The van der Waals surface area contributed by atoms with E-state index in [0.717, 1.165) is 24.8 Å². The number of benzene rings is 1. The summed E-state index contributed by atoms with van der Waals surface area (Å²) in [5, 5.41) is 3.85. The Balaban J connectivity index is 1.90. The molecule has 0 aliphatic carbocycles. The fourth-order valence-electron chi connectivity index (χ4n) is 2.45. The van der Waals surface area contributed by atoms with Gasteiger partial charge in [-0.1, -0.05) is 12.1 Å². The Bertz CT molecular complexity index is 662. The molecule has 0 atom stereocenters.